The molecule has 1 aliphatic rings. The summed E-state index contributed by atoms with van der Waals surface area (Å²) >= 11 is 4.87. The van der Waals surface area contributed by atoms with Crippen LogP contribution in [0, 0.1) is 5.92 Å². The van der Waals surface area contributed by atoms with E-state index in [2.05, 4.69) is 26.6 Å². The average Bonchev–Trinajstić information content (AvgIpc) is 3.27. The first-order valence-corrected chi connectivity index (χ1v) is 8.36. The number of halogens is 1. The van der Waals surface area contributed by atoms with Crippen LogP contribution in [-0.2, 0) is 9.59 Å². The van der Waals surface area contributed by atoms with Gasteiger partial charge >= 0.3 is 0 Å². The Morgan fingerprint density at radius 2 is 1.80 bits per heavy atom. The van der Waals surface area contributed by atoms with Crippen molar-refractivity contribution < 1.29 is 9.59 Å². The zero-order valence-electron chi connectivity index (χ0n) is 11.0. The number of hydrogen-bond donors (Lipinski definition) is 2. The highest BCUT2D eigenvalue weighted by Gasteiger charge is 2.28. The van der Waals surface area contributed by atoms with Crippen LogP contribution >= 0.6 is 27.7 Å². The van der Waals surface area contributed by atoms with Gasteiger partial charge in [-0.05, 0) is 37.1 Å². The zero-order chi connectivity index (χ0) is 14.4. The van der Waals surface area contributed by atoms with Crippen LogP contribution in [0.2, 0.25) is 0 Å². The molecule has 0 bridgehead atoms. The van der Waals surface area contributed by atoms with Gasteiger partial charge in [0.1, 0.15) is 0 Å². The Morgan fingerprint density at radius 3 is 2.45 bits per heavy atom. The second kappa shape index (κ2) is 7.69. The van der Waals surface area contributed by atoms with Crippen LogP contribution in [0.15, 0.2) is 33.6 Å². The Balaban J connectivity index is 1.55. The van der Waals surface area contributed by atoms with Crippen LogP contribution in [0.5, 0.6) is 0 Å². The monoisotopic (exact) mass is 356 g/mol. The molecule has 2 rings (SSSR count). The molecule has 0 radical (unpaired) electrons. The summed E-state index contributed by atoms with van der Waals surface area (Å²) < 4.78 is 1.03. The van der Waals surface area contributed by atoms with Crippen LogP contribution < -0.4 is 10.6 Å². The van der Waals surface area contributed by atoms with E-state index >= 15 is 0 Å². The smallest absolute Gasteiger partial charge is 0.230 e. The lowest BCUT2D eigenvalue weighted by Gasteiger charge is -2.06. The molecule has 2 amide bonds. The fraction of sp³-hybridized carbons (Fsp3) is 0.429. The summed E-state index contributed by atoms with van der Waals surface area (Å²) in [6.07, 6.45) is 2.00. The van der Waals surface area contributed by atoms with Gasteiger partial charge in [0.05, 0.1) is 5.75 Å². The number of carbonyl (C=O) groups is 2. The first-order valence-electron chi connectivity index (χ1n) is 6.58. The number of carbonyl (C=O) groups excluding carboxylic acids is 2. The first-order chi connectivity index (χ1) is 9.65. The summed E-state index contributed by atoms with van der Waals surface area (Å²) in [7, 11) is 0. The van der Waals surface area contributed by atoms with Crippen molar-refractivity contribution in [3.05, 3.63) is 28.7 Å². The van der Waals surface area contributed by atoms with Crippen molar-refractivity contribution in [3.8, 4) is 0 Å². The molecule has 0 atom stereocenters. The molecule has 0 heterocycles. The summed E-state index contributed by atoms with van der Waals surface area (Å²) in [5, 5.41) is 5.61. The molecular formula is C14H17BrN2O2S. The minimum atomic E-state index is -0.0152. The van der Waals surface area contributed by atoms with Gasteiger partial charge in [-0.25, -0.2) is 0 Å². The van der Waals surface area contributed by atoms with E-state index in [4.69, 9.17) is 0 Å². The van der Waals surface area contributed by atoms with E-state index in [9.17, 15) is 9.59 Å². The third-order valence-electron chi connectivity index (χ3n) is 2.88. The van der Waals surface area contributed by atoms with Gasteiger partial charge in [-0.3, -0.25) is 9.59 Å². The van der Waals surface area contributed by atoms with Crippen molar-refractivity contribution in [2.45, 2.75) is 17.7 Å². The number of benzene rings is 1. The van der Waals surface area contributed by atoms with E-state index in [1.54, 1.807) is 0 Å². The van der Waals surface area contributed by atoms with Gasteiger partial charge in [-0.15, -0.1) is 11.8 Å². The van der Waals surface area contributed by atoms with Gasteiger partial charge in [0.2, 0.25) is 11.8 Å². The molecule has 20 heavy (non-hydrogen) atoms. The minimum absolute atomic E-state index is 0.0152. The molecular weight excluding hydrogens is 340 g/mol. The second-order valence-corrected chi connectivity index (χ2v) is 6.62. The highest BCUT2D eigenvalue weighted by atomic mass is 79.9. The maximum Gasteiger partial charge on any atom is 0.230 e. The minimum Gasteiger partial charge on any atom is -0.354 e. The van der Waals surface area contributed by atoms with Crippen LogP contribution in [0.3, 0.4) is 0 Å². The highest BCUT2D eigenvalue weighted by Crippen LogP contribution is 2.28. The first kappa shape index (κ1) is 15.4. The van der Waals surface area contributed by atoms with Crippen LogP contribution in [0.4, 0.5) is 0 Å². The molecule has 1 aromatic carbocycles. The molecule has 1 aliphatic carbocycles. The Morgan fingerprint density at radius 1 is 1.15 bits per heavy atom. The van der Waals surface area contributed by atoms with Crippen molar-refractivity contribution in [2.24, 2.45) is 5.92 Å². The molecule has 0 aliphatic heterocycles. The van der Waals surface area contributed by atoms with Crippen LogP contribution in [0.1, 0.15) is 12.8 Å². The predicted octanol–water partition coefficient (Wildman–Crippen LogP) is 2.18. The number of hydrogen-bond acceptors (Lipinski definition) is 3. The maximum atomic E-state index is 11.6. The number of thioether (sulfide) groups is 1. The van der Waals surface area contributed by atoms with Gasteiger partial charge in [0.25, 0.3) is 0 Å². The van der Waals surface area contributed by atoms with Crippen LogP contribution in [-0.4, -0.2) is 30.7 Å². The fourth-order valence-electron chi connectivity index (χ4n) is 1.61. The van der Waals surface area contributed by atoms with E-state index in [0.29, 0.717) is 18.8 Å². The second-order valence-electron chi connectivity index (χ2n) is 4.66. The average molecular weight is 357 g/mol. The standard InChI is InChI=1S/C14H17BrN2O2S/c15-11-3-5-12(6-4-11)20-9-13(18)16-7-8-17-14(19)10-1-2-10/h3-6,10H,1-2,7-9H2,(H,16,18)(H,17,19). The summed E-state index contributed by atoms with van der Waals surface area (Å²) in [6, 6.07) is 7.84. The summed E-state index contributed by atoms with van der Waals surface area (Å²) in [5.41, 5.74) is 0. The van der Waals surface area contributed by atoms with Gasteiger partial charge in [-0.1, -0.05) is 15.9 Å². The Bertz CT molecular complexity index is 475. The molecule has 1 fully saturated rings. The van der Waals surface area contributed by atoms with E-state index < -0.39 is 0 Å². The Kier molecular flexibility index (Phi) is 5.91. The summed E-state index contributed by atoms with van der Waals surface area (Å²) in [6.45, 7) is 0.988. The maximum absolute atomic E-state index is 11.6. The molecule has 0 spiro atoms. The number of rotatable bonds is 7. The lowest BCUT2D eigenvalue weighted by Crippen LogP contribution is -2.35. The number of nitrogens with one attached hydrogen (secondary N) is 2. The molecule has 0 unspecified atom stereocenters. The lowest BCUT2D eigenvalue weighted by molar-refractivity contribution is -0.123. The predicted molar refractivity (Wildman–Crippen MR) is 83.6 cm³/mol. The van der Waals surface area contributed by atoms with Crippen molar-refractivity contribution in [1.29, 1.82) is 0 Å². The van der Waals surface area contributed by atoms with Crippen molar-refractivity contribution >= 4 is 39.5 Å². The quantitative estimate of drug-likeness (QED) is 0.581. The van der Waals surface area contributed by atoms with Crippen molar-refractivity contribution in [3.63, 3.8) is 0 Å². The Hall–Kier alpha value is -1.01. The van der Waals surface area contributed by atoms with Gasteiger partial charge < -0.3 is 10.6 Å². The molecule has 0 aromatic heterocycles. The summed E-state index contributed by atoms with van der Waals surface area (Å²) in [4.78, 5) is 24.0. The van der Waals surface area contributed by atoms with E-state index in [0.717, 1.165) is 22.2 Å². The van der Waals surface area contributed by atoms with E-state index in [1.165, 1.54) is 11.8 Å². The molecule has 4 nitrogen and oxygen atoms in total. The van der Waals surface area contributed by atoms with Gasteiger partial charge in [0.15, 0.2) is 0 Å². The lowest BCUT2D eigenvalue weighted by atomic mass is 10.4. The van der Waals surface area contributed by atoms with Crippen LogP contribution in [0.25, 0.3) is 0 Å². The highest BCUT2D eigenvalue weighted by molar-refractivity contribution is 9.10. The molecule has 1 saturated carbocycles. The fourth-order valence-corrected chi connectivity index (χ4v) is 2.60. The molecule has 108 valence electrons. The Labute approximate surface area is 131 Å². The van der Waals surface area contributed by atoms with Crippen molar-refractivity contribution in [1.82, 2.24) is 10.6 Å². The van der Waals surface area contributed by atoms with E-state index in [1.807, 2.05) is 24.3 Å². The zero-order valence-corrected chi connectivity index (χ0v) is 13.4. The molecule has 0 saturated heterocycles. The molecule has 1 aromatic rings. The van der Waals surface area contributed by atoms with E-state index in [-0.39, 0.29) is 17.7 Å². The topological polar surface area (TPSA) is 58.2 Å². The molecule has 6 heteroatoms. The summed E-state index contributed by atoms with van der Waals surface area (Å²) in [5.74, 6) is 0.707. The molecule has 2 N–H and O–H groups in total. The van der Waals surface area contributed by atoms with Gasteiger partial charge in [0, 0.05) is 28.4 Å². The SMILES string of the molecule is O=C(CSc1ccc(Br)cc1)NCCNC(=O)C1CC1. The van der Waals surface area contributed by atoms with Crippen molar-refractivity contribution in [2.75, 3.05) is 18.8 Å². The third kappa shape index (κ3) is 5.54. The normalized spacial score (nSPS) is 13.8. The third-order valence-corrected chi connectivity index (χ3v) is 4.42. The largest absolute Gasteiger partial charge is 0.354 e. The van der Waals surface area contributed by atoms with Gasteiger partial charge in [-0.2, -0.15) is 0 Å². The number of amides is 2.